The molecule has 11 nitrogen and oxygen atoms in total. The van der Waals surface area contributed by atoms with Gasteiger partial charge in [0.05, 0.1) is 32.0 Å². The maximum atomic E-state index is 13.3. The molecule has 1 saturated heterocycles. The molecule has 2 aromatic heterocycles. The van der Waals surface area contributed by atoms with Gasteiger partial charge in [-0.2, -0.15) is 18.3 Å². The number of nitrogens with one attached hydrogen (secondary N) is 1. The van der Waals surface area contributed by atoms with Crippen LogP contribution >= 0.6 is 0 Å². The number of imidazole rings is 1. The van der Waals surface area contributed by atoms with Crippen molar-refractivity contribution in [1.82, 2.24) is 24.6 Å². The average Bonchev–Trinajstić information content (AvgIpc) is 3.28. The molecule has 38 heavy (non-hydrogen) atoms. The Labute approximate surface area is 214 Å². The summed E-state index contributed by atoms with van der Waals surface area (Å²) in [6.45, 7) is 5.82. The van der Waals surface area contributed by atoms with Crippen molar-refractivity contribution in [3.63, 3.8) is 0 Å². The van der Waals surface area contributed by atoms with Crippen LogP contribution in [-0.4, -0.2) is 75.8 Å². The lowest BCUT2D eigenvalue weighted by atomic mass is 10.1. The molecule has 4 rings (SSSR count). The van der Waals surface area contributed by atoms with E-state index in [9.17, 15) is 22.8 Å². The molecule has 1 aliphatic rings. The summed E-state index contributed by atoms with van der Waals surface area (Å²) in [5.74, 6) is 3.55. The number of rotatable bonds is 5. The average molecular weight is 534 g/mol. The second-order valence-electron chi connectivity index (χ2n) is 7.99. The molecule has 0 amide bonds. The predicted octanol–water partition coefficient (Wildman–Crippen LogP) is 1.49. The largest absolute Gasteiger partial charge is 0.490 e. The van der Waals surface area contributed by atoms with Gasteiger partial charge in [0, 0.05) is 26.2 Å². The molecule has 3 heterocycles. The van der Waals surface area contributed by atoms with E-state index in [4.69, 9.17) is 19.6 Å². The van der Waals surface area contributed by atoms with Crippen LogP contribution in [0.1, 0.15) is 22.8 Å². The topological polar surface area (TPSA) is 132 Å². The number of carboxylic acids is 1. The molecule has 0 spiro atoms. The van der Waals surface area contributed by atoms with Crippen LogP contribution in [0.5, 0.6) is 0 Å². The highest BCUT2D eigenvalue weighted by Gasteiger charge is 2.38. The Morgan fingerprint density at radius 1 is 1.18 bits per heavy atom. The number of aromatic nitrogens is 4. The molecule has 0 atom stereocenters. The highest BCUT2D eigenvalue weighted by atomic mass is 19.4. The lowest BCUT2D eigenvalue weighted by molar-refractivity contribution is -0.192. The van der Waals surface area contributed by atoms with Crippen molar-refractivity contribution in [3.05, 3.63) is 51.9 Å². The smallest absolute Gasteiger partial charge is 0.475 e. The Morgan fingerprint density at radius 2 is 1.82 bits per heavy atom. The summed E-state index contributed by atoms with van der Waals surface area (Å²) in [5.41, 5.74) is 2.15. The summed E-state index contributed by atoms with van der Waals surface area (Å²) >= 11 is 0. The molecule has 0 aliphatic carbocycles. The van der Waals surface area contributed by atoms with Gasteiger partial charge in [-0.25, -0.2) is 19.3 Å². The first-order valence-electron chi connectivity index (χ1n) is 11.4. The molecular formula is C24H25F3N6O5. The SMILES string of the molecule is CC#CCn1c(N2CCNCC2)nc2cnn(Cc3ccc(C(=O)OC)cc3)c(=O)c21.O=C(O)C(F)(F)F. The normalized spacial score (nSPS) is 13.2. The van der Waals surface area contributed by atoms with Crippen LogP contribution in [0.3, 0.4) is 0 Å². The van der Waals surface area contributed by atoms with E-state index in [-0.39, 0.29) is 12.1 Å². The van der Waals surface area contributed by atoms with Gasteiger partial charge in [-0.15, -0.1) is 5.92 Å². The van der Waals surface area contributed by atoms with Crippen molar-refractivity contribution in [2.45, 2.75) is 26.2 Å². The lowest BCUT2D eigenvalue weighted by Crippen LogP contribution is -2.44. The number of carbonyl (C=O) groups excluding carboxylic acids is 1. The fraction of sp³-hybridized carbons (Fsp3) is 0.375. The molecule has 0 unspecified atom stereocenters. The number of hydrogen-bond acceptors (Lipinski definition) is 8. The van der Waals surface area contributed by atoms with Crippen molar-refractivity contribution in [2.24, 2.45) is 0 Å². The van der Waals surface area contributed by atoms with E-state index in [2.05, 4.69) is 27.2 Å². The zero-order chi connectivity index (χ0) is 27.9. The van der Waals surface area contributed by atoms with Crippen molar-refractivity contribution in [1.29, 1.82) is 0 Å². The Bertz CT molecular complexity index is 1410. The summed E-state index contributed by atoms with van der Waals surface area (Å²) < 4.78 is 39.8. The first-order chi connectivity index (χ1) is 18.1. The van der Waals surface area contributed by atoms with Crippen LogP contribution in [0.4, 0.5) is 19.1 Å². The minimum Gasteiger partial charge on any atom is -0.475 e. The van der Waals surface area contributed by atoms with Crippen LogP contribution in [0.25, 0.3) is 11.0 Å². The van der Waals surface area contributed by atoms with E-state index in [1.165, 1.54) is 11.8 Å². The molecule has 1 aliphatic heterocycles. The summed E-state index contributed by atoms with van der Waals surface area (Å²) in [5, 5.41) is 14.8. The Balaban J connectivity index is 0.000000505. The fourth-order valence-corrected chi connectivity index (χ4v) is 3.64. The molecule has 0 bridgehead atoms. The van der Waals surface area contributed by atoms with Gasteiger partial charge in [-0.05, 0) is 24.6 Å². The molecule has 2 N–H and O–H groups in total. The maximum Gasteiger partial charge on any atom is 0.490 e. The quantitative estimate of drug-likeness (QED) is 0.369. The zero-order valence-corrected chi connectivity index (χ0v) is 20.6. The molecule has 0 radical (unpaired) electrons. The number of ether oxygens (including phenoxy) is 1. The summed E-state index contributed by atoms with van der Waals surface area (Å²) in [4.78, 5) is 40.7. The monoisotopic (exact) mass is 534 g/mol. The number of fused-ring (bicyclic) bond motifs is 1. The number of methoxy groups -OCH3 is 1. The number of aliphatic carboxylic acids is 1. The number of esters is 1. The minimum absolute atomic E-state index is 0.221. The Kier molecular flexibility index (Phi) is 9.08. The summed E-state index contributed by atoms with van der Waals surface area (Å²) in [6, 6.07) is 6.93. The van der Waals surface area contributed by atoms with Crippen LogP contribution < -0.4 is 15.8 Å². The van der Waals surface area contributed by atoms with E-state index < -0.39 is 18.1 Å². The van der Waals surface area contributed by atoms with Crippen LogP contribution in [0, 0.1) is 11.8 Å². The highest BCUT2D eigenvalue weighted by molar-refractivity contribution is 5.89. The van der Waals surface area contributed by atoms with E-state index in [1.807, 2.05) is 4.57 Å². The lowest BCUT2D eigenvalue weighted by Gasteiger charge is -2.28. The van der Waals surface area contributed by atoms with Crippen LogP contribution in [0.15, 0.2) is 35.3 Å². The molecule has 0 saturated carbocycles. The van der Waals surface area contributed by atoms with E-state index in [0.717, 1.165) is 37.7 Å². The van der Waals surface area contributed by atoms with Crippen LogP contribution in [0.2, 0.25) is 0 Å². The van der Waals surface area contributed by atoms with Crippen molar-refractivity contribution in [2.75, 3.05) is 38.2 Å². The maximum absolute atomic E-state index is 13.3. The molecule has 3 aromatic rings. The number of nitrogens with zero attached hydrogens (tertiary/aromatic N) is 5. The fourth-order valence-electron chi connectivity index (χ4n) is 3.64. The number of carboxylic acid groups (broad SMARTS) is 1. The molecule has 1 fully saturated rings. The second kappa shape index (κ2) is 12.2. The summed E-state index contributed by atoms with van der Waals surface area (Å²) in [6.07, 6.45) is -3.46. The van der Waals surface area contributed by atoms with E-state index >= 15 is 0 Å². The minimum atomic E-state index is -5.08. The number of hydrogen-bond donors (Lipinski definition) is 2. The first-order valence-corrected chi connectivity index (χ1v) is 11.4. The molecule has 14 heteroatoms. The molecular weight excluding hydrogens is 509 g/mol. The van der Waals surface area contributed by atoms with Gasteiger partial charge in [0.25, 0.3) is 5.56 Å². The predicted molar refractivity (Wildman–Crippen MR) is 131 cm³/mol. The van der Waals surface area contributed by atoms with Gasteiger partial charge < -0.3 is 20.1 Å². The first kappa shape index (κ1) is 28.2. The second-order valence-corrected chi connectivity index (χ2v) is 7.99. The van der Waals surface area contributed by atoms with Crippen molar-refractivity contribution < 1.29 is 32.6 Å². The van der Waals surface area contributed by atoms with E-state index in [0.29, 0.717) is 23.1 Å². The van der Waals surface area contributed by atoms with Gasteiger partial charge in [-0.3, -0.25) is 9.36 Å². The third-order valence-corrected chi connectivity index (χ3v) is 5.49. The third-order valence-electron chi connectivity index (χ3n) is 5.49. The van der Waals surface area contributed by atoms with Crippen LogP contribution in [-0.2, 0) is 22.6 Å². The Morgan fingerprint density at radius 3 is 2.37 bits per heavy atom. The highest BCUT2D eigenvalue weighted by Crippen LogP contribution is 2.20. The summed E-state index contributed by atoms with van der Waals surface area (Å²) in [7, 11) is 1.34. The number of benzene rings is 1. The third kappa shape index (κ3) is 6.68. The van der Waals surface area contributed by atoms with Gasteiger partial charge >= 0.3 is 18.1 Å². The zero-order valence-electron chi connectivity index (χ0n) is 20.6. The Hall–Kier alpha value is -4.38. The van der Waals surface area contributed by atoms with Crippen molar-refractivity contribution >= 4 is 28.9 Å². The van der Waals surface area contributed by atoms with Crippen molar-refractivity contribution in [3.8, 4) is 11.8 Å². The van der Waals surface area contributed by atoms with Gasteiger partial charge in [0.2, 0.25) is 5.95 Å². The molecule has 202 valence electrons. The number of anilines is 1. The number of piperazine rings is 1. The van der Waals surface area contributed by atoms with Gasteiger partial charge in [0.15, 0.2) is 0 Å². The standard InChI is InChI=1S/C22H24N6O3.C2HF3O2/c1-3-4-11-27-19-18(25-22(27)26-12-9-23-10-13-26)14-24-28(20(19)29)15-16-5-7-17(8-6-16)21(30)31-2;3-2(4,5)1(6)7/h5-8,14,23H,9-13,15H2,1-2H3;(H,6,7). The number of carbonyl (C=O) groups is 2. The van der Waals surface area contributed by atoms with E-state index in [1.54, 1.807) is 37.4 Å². The van der Waals surface area contributed by atoms with Gasteiger partial charge in [-0.1, -0.05) is 18.1 Å². The number of alkyl halides is 3. The molecule has 1 aromatic carbocycles. The van der Waals surface area contributed by atoms with Gasteiger partial charge in [0.1, 0.15) is 11.0 Å². The number of halogens is 3.